The third kappa shape index (κ3) is 5.07. The molecule has 0 amide bonds. The molecular formula is C20H34N2. The van der Waals surface area contributed by atoms with E-state index in [1.165, 1.54) is 88.2 Å². The van der Waals surface area contributed by atoms with Gasteiger partial charge in [-0.15, -0.1) is 0 Å². The van der Waals surface area contributed by atoms with Gasteiger partial charge < -0.3 is 0 Å². The van der Waals surface area contributed by atoms with Crippen molar-refractivity contribution in [2.45, 2.75) is 103 Å². The van der Waals surface area contributed by atoms with Crippen LogP contribution in [0.15, 0.2) is 12.4 Å². The van der Waals surface area contributed by atoms with Crippen molar-refractivity contribution in [1.29, 1.82) is 0 Å². The number of nitrogens with zero attached hydrogens (tertiary/aromatic N) is 2. The highest BCUT2D eigenvalue weighted by Gasteiger charge is 2.21. The van der Waals surface area contributed by atoms with Gasteiger partial charge >= 0.3 is 0 Å². The molecule has 2 atom stereocenters. The molecular weight excluding hydrogens is 268 g/mol. The molecule has 0 saturated heterocycles. The summed E-state index contributed by atoms with van der Waals surface area (Å²) in [5.41, 5.74) is 3.06. The molecule has 1 aromatic heterocycles. The van der Waals surface area contributed by atoms with Crippen molar-refractivity contribution in [3.05, 3.63) is 23.5 Å². The highest BCUT2D eigenvalue weighted by molar-refractivity contribution is 5.28. The first-order chi connectivity index (χ1) is 10.9. The van der Waals surface area contributed by atoms with Crippen molar-refractivity contribution < 1.29 is 0 Å². The number of unbranched alkanes of at least 4 members (excludes halogenated alkanes) is 1. The van der Waals surface area contributed by atoms with Crippen LogP contribution < -0.4 is 0 Å². The summed E-state index contributed by atoms with van der Waals surface area (Å²) >= 11 is 0. The van der Waals surface area contributed by atoms with Crippen LogP contribution in [-0.4, -0.2) is 10.2 Å². The van der Waals surface area contributed by atoms with Crippen molar-refractivity contribution >= 4 is 0 Å². The van der Waals surface area contributed by atoms with Gasteiger partial charge in [-0.25, -0.2) is 0 Å². The zero-order valence-corrected chi connectivity index (χ0v) is 14.7. The van der Waals surface area contributed by atoms with Crippen LogP contribution >= 0.6 is 0 Å². The topological polar surface area (TPSA) is 25.8 Å². The van der Waals surface area contributed by atoms with E-state index in [0.29, 0.717) is 11.8 Å². The third-order valence-corrected chi connectivity index (χ3v) is 5.32. The Morgan fingerprint density at radius 3 is 1.86 bits per heavy atom. The Morgan fingerprint density at radius 2 is 1.32 bits per heavy atom. The fourth-order valence-electron chi connectivity index (χ4n) is 4.04. The van der Waals surface area contributed by atoms with E-state index >= 15 is 0 Å². The summed E-state index contributed by atoms with van der Waals surface area (Å²) in [7, 11) is 0. The van der Waals surface area contributed by atoms with Gasteiger partial charge in [0, 0.05) is 0 Å². The first-order valence-corrected chi connectivity index (χ1v) is 9.67. The largest absolute Gasteiger partial charge is 0.159 e. The molecule has 0 radical (unpaired) electrons. The Hall–Kier alpha value is -0.920. The van der Waals surface area contributed by atoms with Gasteiger partial charge in [-0.3, -0.25) is 0 Å². The summed E-state index contributed by atoms with van der Waals surface area (Å²) in [4.78, 5) is 0. The second-order valence-electron chi connectivity index (χ2n) is 7.07. The Balaban J connectivity index is 2.27. The van der Waals surface area contributed by atoms with Crippen molar-refractivity contribution in [1.82, 2.24) is 10.2 Å². The number of hydrogen-bond acceptors (Lipinski definition) is 2. The second kappa shape index (κ2) is 9.97. The number of rotatable bonds is 5. The average Bonchev–Trinajstić information content (AvgIpc) is 2.58. The minimum Gasteiger partial charge on any atom is -0.159 e. The Labute approximate surface area is 137 Å². The van der Waals surface area contributed by atoms with Gasteiger partial charge in [0.2, 0.25) is 0 Å². The molecule has 0 saturated carbocycles. The zero-order valence-electron chi connectivity index (χ0n) is 14.7. The molecule has 0 aromatic carbocycles. The van der Waals surface area contributed by atoms with Crippen LogP contribution in [0, 0.1) is 0 Å². The molecule has 2 nitrogen and oxygen atoms in total. The van der Waals surface area contributed by atoms with E-state index in [0.717, 1.165) is 0 Å². The number of hydrogen-bond donors (Lipinski definition) is 0. The number of fused-ring (bicyclic) bond motifs is 1. The SMILES string of the molecule is CCCCC1CCCCCCCC(CCC)c2cnncc21. The summed E-state index contributed by atoms with van der Waals surface area (Å²) < 4.78 is 0. The highest BCUT2D eigenvalue weighted by Crippen LogP contribution is 2.37. The highest BCUT2D eigenvalue weighted by atomic mass is 15.1. The van der Waals surface area contributed by atoms with E-state index < -0.39 is 0 Å². The first kappa shape index (κ1) is 17.4. The van der Waals surface area contributed by atoms with Gasteiger partial charge in [0.1, 0.15) is 0 Å². The summed E-state index contributed by atoms with van der Waals surface area (Å²) in [6, 6.07) is 0. The lowest BCUT2D eigenvalue weighted by molar-refractivity contribution is 0.503. The molecule has 1 aromatic rings. The Morgan fingerprint density at radius 1 is 0.773 bits per heavy atom. The molecule has 124 valence electrons. The molecule has 2 heteroatoms. The molecule has 0 N–H and O–H groups in total. The van der Waals surface area contributed by atoms with Crippen molar-refractivity contribution in [3.8, 4) is 0 Å². The molecule has 0 spiro atoms. The predicted molar refractivity (Wildman–Crippen MR) is 94.3 cm³/mol. The van der Waals surface area contributed by atoms with Gasteiger partial charge in [-0.1, -0.05) is 65.2 Å². The minimum absolute atomic E-state index is 0.706. The summed E-state index contributed by atoms with van der Waals surface area (Å²) in [6.45, 7) is 4.62. The maximum absolute atomic E-state index is 4.25. The van der Waals surface area contributed by atoms with Crippen LogP contribution in [0.5, 0.6) is 0 Å². The van der Waals surface area contributed by atoms with Crippen molar-refractivity contribution in [2.75, 3.05) is 0 Å². The first-order valence-electron chi connectivity index (χ1n) is 9.67. The Bertz CT molecular complexity index is 416. The number of aromatic nitrogens is 2. The van der Waals surface area contributed by atoms with Gasteiger partial charge in [0.05, 0.1) is 12.4 Å². The van der Waals surface area contributed by atoms with E-state index in [1.807, 2.05) is 0 Å². The van der Waals surface area contributed by atoms with Gasteiger partial charge in [0.25, 0.3) is 0 Å². The van der Waals surface area contributed by atoms with Gasteiger partial charge in [0.15, 0.2) is 0 Å². The molecule has 0 fully saturated rings. The molecule has 22 heavy (non-hydrogen) atoms. The Kier molecular flexibility index (Phi) is 7.90. The maximum atomic E-state index is 4.25. The maximum Gasteiger partial charge on any atom is 0.0533 e. The van der Waals surface area contributed by atoms with Gasteiger partial charge in [-0.05, 0) is 48.6 Å². The van der Waals surface area contributed by atoms with Crippen LogP contribution in [0.4, 0.5) is 0 Å². The smallest absolute Gasteiger partial charge is 0.0533 e. The van der Waals surface area contributed by atoms with Crippen LogP contribution in [0.1, 0.15) is 114 Å². The summed E-state index contributed by atoms with van der Waals surface area (Å²) in [6.07, 6.45) is 20.4. The van der Waals surface area contributed by atoms with Crippen LogP contribution in [0.25, 0.3) is 0 Å². The molecule has 2 unspecified atom stereocenters. The van der Waals surface area contributed by atoms with Gasteiger partial charge in [-0.2, -0.15) is 10.2 Å². The predicted octanol–water partition coefficient (Wildman–Crippen LogP) is 6.38. The van der Waals surface area contributed by atoms with E-state index in [2.05, 4.69) is 36.4 Å². The summed E-state index contributed by atoms with van der Waals surface area (Å²) in [5, 5.41) is 8.50. The molecule has 2 rings (SSSR count). The quantitative estimate of drug-likeness (QED) is 0.630. The molecule has 1 heterocycles. The van der Waals surface area contributed by atoms with Crippen LogP contribution in [0.3, 0.4) is 0 Å². The third-order valence-electron chi connectivity index (χ3n) is 5.32. The monoisotopic (exact) mass is 302 g/mol. The lowest BCUT2D eigenvalue weighted by atomic mass is 9.82. The normalized spacial score (nSPS) is 23.5. The van der Waals surface area contributed by atoms with E-state index in [-0.39, 0.29) is 0 Å². The van der Waals surface area contributed by atoms with Crippen molar-refractivity contribution in [3.63, 3.8) is 0 Å². The van der Waals surface area contributed by atoms with E-state index in [4.69, 9.17) is 0 Å². The standard InChI is InChI=1S/C20H34N2/c1-3-5-12-18-14-10-8-6-7-9-13-17(11-4-2)19-15-21-22-16-20(18)19/h15-18H,3-14H2,1-2H3. The fraction of sp³-hybridized carbons (Fsp3) is 0.800. The van der Waals surface area contributed by atoms with E-state index in [1.54, 1.807) is 0 Å². The molecule has 1 aliphatic rings. The lowest BCUT2D eigenvalue weighted by Crippen LogP contribution is -2.09. The lowest BCUT2D eigenvalue weighted by Gasteiger charge is -2.24. The average molecular weight is 303 g/mol. The van der Waals surface area contributed by atoms with Crippen molar-refractivity contribution in [2.24, 2.45) is 0 Å². The van der Waals surface area contributed by atoms with Crippen LogP contribution in [0.2, 0.25) is 0 Å². The summed E-state index contributed by atoms with van der Waals surface area (Å²) in [5.74, 6) is 1.42. The fourth-order valence-corrected chi connectivity index (χ4v) is 4.04. The van der Waals surface area contributed by atoms with Crippen LogP contribution in [-0.2, 0) is 0 Å². The van der Waals surface area contributed by atoms with E-state index in [9.17, 15) is 0 Å². The zero-order chi connectivity index (χ0) is 15.6. The molecule has 0 aliphatic heterocycles. The second-order valence-corrected chi connectivity index (χ2v) is 7.07. The molecule has 0 bridgehead atoms. The molecule has 1 aliphatic carbocycles. The minimum atomic E-state index is 0.706.